The van der Waals surface area contributed by atoms with Gasteiger partial charge in [-0.25, -0.2) is 0 Å². The van der Waals surface area contributed by atoms with Gasteiger partial charge in [-0.05, 0) is 38.1 Å². The highest BCUT2D eigenvalue weighted by molar-refractivity contribution is 6.12. The molecule has 2 aromatic carbocycles. The van der Waals surface area contributed by atoms with E-state index in [2.05, 4.69) is 5.32 Å². The number of benzene rings is 2. The topological polar surface area (TPSA) is 76.7 Å². The van der Waals surface area contributed by atoms with Crippen molar-refractivity contribution in [1.82, 2.24) is 0 Å². The number of nitrogens with zero attached hydrogens (tertiary/aromatic N) is 2. The van der Waals surface area contributed by atoms with Crippen molar-refractivity contribution >= 4 is 11.5 Å². The molecular weight excluding hydrogens is 286 g/mol. The Morgan fingerprint density at radius 1 is 1.04 bits per heavy atom. The molecule has 0 aliphatic rings. The number of rotatable bonds is 4. The minimum atomic E-state index is -0.108. The lowest BCUT2D eigenvalue weighted by atomic mass is 9.98. The molecule has 0 saturated carbocycles. The third kappa shape index (κ3) is 3.84. The first-order chi connectivity index (χ1) is 11.0. The minimum absolute atomic E-state index is 0.0568. The number of nitriles is 2. The van der Waals surface area contributed by atoms with Crippen LogP contribution in [-0.4, -0.2) is 5.78 Å². The average Bonchev–Trinajstić information content (AvgIpc) is 2.54. The number of hydrogen-bond donors (Lipinski definition) is 1. The van der Waals surface area contributed by atoms with Gasteiger partial charge in [0.1, 0.15) is 17.7 Å². The lowest BCUT2D eigenvalue weighted by molar-refractivity contribution is 0.103. The molecule has 23 heavy (non-hydrogen) atoms. The van der Waals surface area contributed by atoms with Gasteiger partial charge >= 0.3 is 0 Å². The molecule has 4 heteroatoms. The van der Waals surface area contributed by atoms with E-state index in [4.69, 9.17) is 10.5 Å². The van der Waals surface area contributed by atoms with Crippen LogP contribution in [0.2, 0.25) is 0 Å². The summed E-state index contributed by atoms with van der Waals surface area (Å²) in [6, 6.07) is 16.3. The number of anilines is 1. The number of ketones is 1. The number of para-hydroxylation sites is 1. The molecule has 0 aliphatic carbocycles. The van der Waals surface area contributed by atoms with Crippen LogP contribution >= 0.6 is 0 Å². The molecule has 0 amide bonds. The Bertz CT molecular complexity index is 831. The first-order valence-corrected chi connectivity index (χ1v) is 7.04. The highest BCUT2D eigenvalue weighted by Crippen LogP contribution is 2.21. The fourth-order valence-corrected chi connectivity index (χ4v) is 2.31. The molecule has 2 rings (SSSR count). The SMILES string of the molecule is Cc1cc(C)cc(C(=O)c2ccccc2NC=C(C#N)C#N)c1. The van der Waals surface area contributed by atoms with Gasteiger partial charge in [0, 0.05) is 23.0 Å². The van der Waals surface area contributed by atoms with Crippen LogP contribution in [-0.2, 0) is 0 Å². The van der Waals surface area contributed by atoms with Crippen molar-refractivity contribution < 1.29 is 4.79 Å². The number of carbonyl (C=O) groups excluding carboxylic acids is 1. The molecule has 2 aromatic rings. The summed E-state index contributed by atoms with van der Waals surface area (Å²) in [6.45, 7) is 3.89. The fourth-order valence-electron chi connectivity index (χ4n) is 2.31. The van der Waals surface area contributed by atoms with E-state index in [-0.39, 0.29) is 11.4 Å². The normalized spacial score (nSPS) is 9.39. The van der Waals surface area contributed by atoms with Crippen LogP contribution in [0.4, 0.5) is 5.69 Å². The van der Waals surface area contributed by atoms with Crippen LogP contribution in [0.3, 0.4) is 0 Å². The lowest BCUT2D eigenvalue weighted by Gasteiger charge is -2.09. The molecule has 0 unspecified atom stereocenters. The Hall–Kier alpha value is -3.37. The summed E-state index contributed by atoms with van der Waals surface area (Å²) in [7, 11) is 0. The van der Waals surface area contributed by atoms with Crippen LogP contribution in [0, 0.1) is 36.5 Å². The van der Waals surface area contributed by atoms with Gasteiger partial charge in [-0.1, -0.05) is 29.3 Å². The van der Waals surface area contributed by atoms with E-state index in [1.807, 2.05) is 32.0 Å². The Morgan fingerprint density at radius 3 is 2.26 bits per heavy atom. The van der Waals surface area contributed by atoms with E-state index in [1.54, 1.807) is 36.4 Å². The van der Waals surface area contributed by atoms with Crippen molar-refractivity contribution in [1.29, 1.82) is 10.5 Å². The minimum Gasteiger partial charge on any atom is -0.359 e. The van der Waals surface area contributed by atoms with Gasteiger partial charge in [0.2, 0.25) is 0 Å². The molecule has 0 aliphatic heterocycles. The number of aryl methyl sites for hydroxylation is 2. The molecule has 0 radical (unpaired) electrons. The average molecular weight is 301 g/mol. The van der Waals surface area contributed by atoms with Gasteiger partial charge in [-0.2, -0.15) is 10.5 Å². The molecule has 4 nitrogen and oxygen atoms in total. The third-order valence-corrected chi connectivity index (χ3v) is 3.27. The van der Waals surface area contributed by atoms with Crippen molar-refractivity contribution in [2.75, 3.05) is 5.32 Å². The molecule has 0 heterocycles. The maximum Gasteiger partial charge on any atom is 0.195 e. The fraction of sp³-hybridized carbons (Fsp3) is 0.105. The van der Waals surface area contributed by atoms with Crippen molar-refractivity contribution in [2.24, 2.45) is 0 Å². The van der Waals surface area contributed by atoms with Gasteiger partial charge in [-0.15, -0.1) is 0 Å². The summed E-state index contributed by atoms with van der Waals surface area (Å²) < 4.78 is 0. The van der Waals surface area contributed by atoms with Crippen LogP contribution in [0.15, 0.2) is 54.2 Å². The Kier molecular flexibility index (Phi) is 4.92. The molecule has 0 saturated heterocycles. The van der Waals surface area contributed by atoms with Crippen LogP contribution in [0.5, 0.6) is 0 Å². The van der Waals surface area contributed by atoms with E-state index < -0.39 is 0 Å². The second-order valence-electron chi connectivity index (χ2n) is 5.18. The predicted octanol–water partition coefficient (Wildman–Crippen LogP) is 3.88. The Balaban J connectivity index is 2.41. The van der Waals surface area contributed by atoms with Crippen molar-refractivity contribution in [3.8, 4) is 12.1 Å². The molecule has 112 valence electrons. The summed E-state index contributed by atoms with van der Waals surface area (Å²) in [4.78, 5) is 12.8. The smallest absolute Gasteiger partial charge is 0.195 e. The lowest BCUT2D eigenvalue weighted by Crippen LogP contribution is -2.06. The first kappa shape index (κ1) is 16.0. The Morgan fingerprint density at radius 2 is 1.65 bits per heavy atom. The summed E-state index contributed by atoms with van der Waals surface area (Å²) in [5.41, 5.74) is 3.65. The van der Waals surface area contributed by atoms with Gasteiger partial charge < -0.3 is 5.32 Å². The summed E-state index contributed by atoms with van der Waals surface area (Å²) in [5.74, 6) is -0.108. The molecule has 0 atom stereocenters. The van der Waals surface area contributed by atoms with Crippen molar-refractivity contribution in [3.05, 3.63) is 76.5 Å². The van der Waals surface area contributed by atoms with Gasteiger partial charge in [0.05, 0.1) is 0 Å². The highest BCUT2D eigenvalue weighted by Gasteiger charge is 2.13. The standard InChI is InChI=1S/C19H15N3O/c1-13-7-14(2)9-16(8-13)19(23)17-5-3-4-6-18(17)22-12-15(10-20)11-21/h3-9,12,22H,1-2H3. The van der Waals surface area contributed by atoms with Crippen LogP contribution in [0.25, 0.3) is 0 Å². The zero-order valence-electron chi connectivity index (χ0n) is 12.9. The van der Waals surface area contributed by atoms with Crippen LogP contribution < -0.4 is 5.32 Å². The number of nitrogens with one attached hydrogen (secondary N) is 1. The van der Waals surface area contributed by atoms with Crippen molar-refractivity contribution in [3.63, 3.8) is 0 Å². The van der Waals surface area contributed by atoms with E-state index in [1.165, 1.54) is 6.20 Å². The molecule has 0 fully saturated rings. The molecular formula is C19H15N3O. The molecule has 0 spiro atoms. The van der Waals surface area contributed by atoms with Crippen molar-refractivity contribution in [2.45, 2.75) is 13.8 Å². The molecule has 0 bridgehead atoms. The summed E-state index contributed by atoms with van der Waals surface area (Å²) >= 11 is 0. The monoisotopic (exact) mass is 301 g/mol. The maximum absolute atomic E-state index is 12.8. The van der Waals surface area contributed by atoms with Gasteiger partial charge in [-0.3, -0.25) is 4.79 Å². The zero-order chi connectivity index (χ0) is 16.8. The van der Waals surface area contributed by atoms with Gasteiger partial charge in [0.25, 0.3) is 0 Å². The first-order valence-electron chi connectivity index (χ1n) is 7.04. The van der Waals surface area contributed by atoms with E-state index in [0.29, 0.717) is 16.8 Å². The second kappa shape index (κ2) is 7.06. The molecule has 1 N–H and O–H groups in total. The number of allylic oxidation sites excluding steroid dienone is 1. The summed E-state index contributed by atoms with van der Waals surface area (Å²) in [6.07, 6.45) is 1.30. The largest absolute Gasteiger partial charge is 0.359 e. The predicted molar refractivity (Wildman–Crippen MR) is 88.7 cm³/mol. The van der Waals surface area contributed by atoms with E-state index >= 15 is 0 Å². The van der Waals surface area contributed by atoms with E-state index in [0.717, 1.165) is 11.1 Å². The summed E-state index contributed by atoms with van der Waals surface area (Å²) in [5, 5.41) is 20.4. The number of carbonyl (C=O) groups is 1. The maximum atomic E-state index is 12.8. The quantitative estimate of drug-likeness (QED) is 0.686. The Labute approximate surface area is 135 Å². The van der Waals surface area contributed by atoms with E-state index in [9.17, 15) is 4.79 Å². The zero-order valence-corrected chi connectivity index (χ0v) is 12.9. The molecule has 0 aromatic heterocycles. The van der Waals surface area contributed by atoms with Crippen LogP contribution in [0.1, 0.15) is 27.0 Å². The third-order valence-electron chi connectivity index (χ3n) is 3.27. The number of hydrogen-bond acceptors (Lipinski definition) is 4. The van der Waals surface area contributed by atoms with Gasteiger partial charge in [0.15, 0.2) is 5.78 Å². The highest BCUT2D eigenvalue weighted by atomic mass is 16.1. The second-order valence-corrected chi connectivity index (χ2v) is 5.18.